The maximum Gasteiger partial charge on any atom is 0.239 e. The number of benzene rings is 1. The third-order valence-corrected chi connectivity index (χ3v) is 2.72. The molecular formula is C10H9Cl2N5. The van der Waals surface area contributed by atoms with E-state index >= 15 is 0 Å². The fraction of sp³-hybridized carbons (Fsp3) is 0. The van der Waals surface area contributed by atoms with Crippen LogP contribution >= 0.6 is 23.2 Å². The van der Waals surface area contributed by atoms with Gasteiger partial charge < -0.3 is 5.32 Å². The van der Waals surface area contributed by atoms with Gasteiger partial charge >= 0.3 is 0 Å². The Bertz CT molecular complexity index is 532. The van der Waals surface area contributed by atoms with E-state index in [1.54, 1.807) is 30.5 Å². The SMILES string of the molecule is NNc1nccc(Nc2ccc(Cl)c(Cl)c2)n1. The molecule has 5 nitrogen and oxygen atoms in total. The van der Waals surface area contributed by atoms with Crippen LogP contribution in [0.4, 0.5) is 17.5 Å². The molecule has 7 heteroatoms. The van der Waals surface area contributed by atoms with E-state index in [1.165, 1.54) is 0 Å². The predicted molar refractivity (Wildman–Crippen MR) is 69.6 cm³/mol. The number of rotatable bonds is 3. The van der Waals surface area contributed by atoms with E-state index in [0.717, 1.165) is 5.69 Å². The van der Waals surface area contributed by atoms with Gasteiger partial charge in [-0.1, -0.05) is 23.2 Å². The molecule has 0 atom stereocenters. The van der Waals surface area contributed by atoms with Crippen molar-refractivity contribution in [2.75, 3.05) is 10.7 Å². The van der Waals surface area contributed by atoms with Crippen LogP contribution in [-0.2, 0) is 0 Å². The molecule has 4 N–H and O–H groups in total. The van der Waals surface area contributed by atoms with Gasteiger partial charge in [-0.3, -0.25) is 5.43 Å². The summed E-state index contributed by atoms with van der Waals surface area (Å²) in [5.41, 5.74) is 3.14. The molecule has 1 heterocycles. The Balaban J connectivity index is 2.22. The van der Waals surface area contributed by atoms with E-state index in [0.29, 0.717) is 21.8 Å². The third kappa shape index (κ3) is 2.97. The second-order valence-electron chi connectivity index (χ2n) is 3.16. The monoisotopic (exact) mass is 269 g/mol. The van der Waals surface area contributed by atoms with Crippen LogP contribution < -0.4 is 16.6 Å². The molecule has 17 heavy (non-hydrogen) atoms. The molecule has 0 aliphatic rings. The minimum absolute atomic E-state index is 0.329. The summed E-state index contributed by atoms with van der Waals surface area (Å²) >= 11 is 11.7. The van der Waals surface area contributed by atoms with Crippen molar-refractivity contribution in [1.29, 1.82) is 0 Å². The normalized spacial score (nSPS) is 10.1. The molecule has 1 aromatic carbocycles. The Morgan fingerprint density at radius 1 is 1.12 bits per heavy atom. The largest absolute Gasteiger partial charge is 0.340 e. The summed E-state index contributed by atoms with van der Waals surface area (Å²) in [4.78, 5) is 8.00. The highest BCUT2D eigenvalue weighted by atomic mass is 35.5. The number of hydrogen-bond donors (Lipinski definition) is 3. The first kappa shape index (κ1) is 11.9. The summed E-state index contributed by atoms with van der Waals surface area (Å²) in [6.07, 6.45) is 1.59. The first-order valence-corrected chi connectivity index (χ1v) is 5.46. The number of hydrogen-bond acceptors (Lipinski definition) is 5. The minimum atomic E-state index is 0.329. The molecule has 0 amide bonds. The van der Waals surface area contributed by atoms with Gasteiger partial charge in [0.25, 0.3) is 0 Å². The Hall–Kier alpha value is -1.56. The van der Waals surface area contributed by atoms with Crippen molar-refractivity contribution in [3.63, 3.8) is 0 Å². The molecule has 0 aliphatic carbocycles. The zero-order valence-corrected chi connectivity index (χ0v) is 10.1. The summed E-state index contributed by atoms with van der Waals surface area (Å²) in [6.45, 7) is 0. The lowest BCUT2D eigenvalue weighted by atomic mass is 10.3. The van der Waals surface area contributed by atoms with E-state index in [9.17, 15) is 0 Å². The molecule has 0 fully saturated rings. The number of nitrogens with two attached hydrogens (primary N) is 1. The van der Waals surface area contributed by atoms with Crippen LogP contribution in [0.15, 0.2) is 30.5 Å². The quantitative estimate of drug-likeness (QED) is 0.590. The number of aromatic nitrogens is 2. The molecule has 1 aromatic heterocycles. The first-order chi connectivity index (χ1) is 8.19. The summed E-state index contributed by atoms with van der Waals surface area (Å²) in [7, 11) is 0. The zero-order chi connectivity index (χ0) is 12.3. The lowest BCUT2D eigenvalue weighted by molar-refractivity contribution is 1.12. The van der Waals surface area contributed by atoms with Crippen molar-refractivity contribution >= 4 is 40.7 Å². The van der Waals surface area contributed by atoms with E-state index < -0.39 is 0 Å². The van der Waals surface area contributed by atoms with Crippen LogP contribution in [0.25, 0.3) is 0 Å². The van der Waals surface area contributed by atoms with Gasteiger partial charge in [-0.25, -0.2) is 10.8 Å². The van der Waals surface area contributed by atoms with Gasteiger partial charge in [-0.2, -0.15) is 4.98 Å². The maximum atomic E-state index is 5.90. The fourth-order valence-corrected chi connectivity index (χ4v) is 1.52. The van der Waals surface area contributed by atoms with Crippen molar-refractivity contribution < 1.29 is 0 Å². The Morgan fingerprint density at radius 2 is 1.94 bits per heavy atom. The van der Waals surface area contributed by atoms with Gasteiger partial charge in [-0.05, 0) is 24.3 Å². The molecular weight excluding hydrogens is 261 g/mol. The van der Waals surface area contributed by atoms with Crippen LogP contribution in [0, 0.1) is 0 Å². The lowest BCUT2D eigenvalue weighted by Gasteiger charge is -2.07. The van der Waals surface area contributed by atoms with E-state index in [2.05, 4.69) is 20.7 Å². The Morgan fingerprint density at radius 3 is 2.65 bits per heavy atom. The lowest BCUT2D eigenvalue weighted by Crippen LogP contribution is -2.10. The minimum Gasteiger partial charge on any atom is -0.340 e. The Kier molecular flexibility index (Phi) is 3.63. The number of halogens is 2. The summed E-state index contributed by atoms with van der Waals surface area (Å²) in [6, 6.07) is 6.92. The van der Waals surface area contributed by atoms with Crippen molar-refractivity contribution in [3.05, 3.63) is 40.5 Å². The highest BCUT2D eigenvalue weighted by Crippen LogP contribution is 2.26. The Labute approximate surface area is 108 Å². The summed E-state index contributed by atoms with van der Waals surface area (Å²) < 4.78 is 0. The van der Waals surface area contributed by atoms with Gasteiger partial charge in [0.15, 0.2) is 0 Å². The average molecular weight is 270 g/mol. The number of nitrogen functional groups attached to an aromatic ring is 1. The molecule has 0 bridgehead atoms. The van der Waals surface area contributed by atoms with Crippen LogP contribution in [0.2, 0.25) is 10.0 Å². The first-order valence-electron chi connectivity index (χ1n) is 4.71. The van der Waals surface area contributed by atoms with Crippen LogP contribution in [-0.4, -0.2) is 9.97 Å². The average Bonchev–Trinajstić information content (AvgIpc) is 2.34. The molecule has 0 spiro atoms. The third-order valence-electron chi connectivity index (χ3n) is 1.98. The highest BCUT2D eigenvalue weighted by molar-refractivity contribution is 6.42. The van der Waals surface area contributed by atoms with Crippen molar-refractivity contribution in [2.24, 2.45) is 5.84 Å². The van der Waals surface area contributed by atoms with Crippen LogP contribution in [0.5, 0.6) is 0 Å². The molecule has 0 aliphatic heterocycles. The second kappa shape index (κ2) is 5.18. The molecule has 0 saturated carbocycles. The molecule has 0 unspecified atom stereocenters. The van der Waals surface area contributed by atoms with Gasteiger partial charge in [0.05, 0.1) is 10.0 Å². The number of anilines is 3. The van der Waals surface area contributed by atoms with Crippen molar-refractivity contribution in [3.8, 4) is 0 Å². The van der Waals surface area contributed by atoms with Gasteiger partial charge in [0, 0.05) is 11.9 Å². The predicted octanol–water partition coefficient (Wildman–Crippen LogP) is 2.81. The van der Waals surface area contributed by atoms with Crippen molar-refractivity contribution in [2.45, 2.75) is 0 Å². The zero-order valence-electron chi connectivity index (χ0n) is 8.61. The number of nitrogens with one attached hydrogen (secondary N) is 2. The fourth-order valence-electron chi connectivity index (χ4n) is 1.22. The van der Waals surface area contributed by atoms with E-state index in [1.807, 2.05) is 0 Å². The topological polar surface area (TPSA) is 75.9 Å². The number of hydrazine groups is 1. The van der Waals surface area contributed by atoms with E-state index in [4.69, 9.17) is 29.0 Å². The molecule has 2 aromatic rings. The second-order valence-corrected chi connectivity index (χ2v) is 3.98. The smallest absolute Gasteiger partial charge is 0.239 e. The van der Waals surface area contributed by atoms with Gasteiger partial charge in [0.2, 0.25) is 5.95 Å². The number of nitrogens with zero attached hydrogens (tertiary/aromatic N) is 2. The summed E-state index contributed by atoms with van der Waals surface area (Å²) in [5, 5.41) is 4.04. The maximum absolute atomic E-state index is 5.90. The highest BCUT2D eigenvalue weighted by Gasteiger charge is 2.01. The molecule has 0 saturated heterocycles. The van der Waals surface area contributed by atoms with Crippen molar-refractivity contribution in [1.82, 2.24) is 9.97 Å². The standard InChI is InChI=1S/C10H9Cl2N5/c11-7-2-1-6(5-8(7)12)15-9-3-4-14-10(16-9)17-13/h1-5H,13H2,(H2,14,15,16,17). The summed E-state index contributed by atoms with van der Waals surface area (Å²) in [5.74, 6) is 6.15. The van der Waals surface area contributed by atoms with Gasteiger partial charge in [-0.15, -0.1) is 0 Å². The van der Waals surface area contributed by atoms with E-state index in [-0.39, 0.29) is 0 Å². The van der Waals surface area contributed by atoms with Crippen LogP contribution in [0.3, 0.4) is 0 Å². The van der Waals surface area contributed by atoms with Gasteiger partial charge in [0.1, 0.15) is 5.82 Å². The molecule has 88 valence electrons. The molecule has 2 rings (SSSR count). The molecule has 0 radical (unpaired) electrons. The van der Waals surface area contributed by atoms with Crippen LogP contribution in [0.1, 0.15) is 0 Å².